The van der Waals surface area contributed by atoms with Crippen molar-refractivity contribution >= 4 is 18.3 Å². The van der Waals surface area contributed by atoms with E-state index in [0.717, 1.165) is 6.42 Å². The van der Waals surface area contributed by atoms with Gasteiger partial charge in [0.1, 0.15) is 0 Å². The molecule has 1 amide bonds. The molecule has 2 atom stereocenters. The van der Waals surface area contributed by atoms with Crippen molar-refractivity contribution in [1.29, 1.82) is 0 Å². The summed E-state index contributed by atoms with van der Waals surface area (Å²) >= 11 is 0. The van der Waals surface area contributed by atoms with E-state index in [4.69, 9.17) is 5.73 Å². The van der Waals surface area contributed by atoms with Gasteiger partial charge in [-0.25, -0.2) is 0 Å². The van der Waals surface area contributed by atoms with E-state index in [1.807, 2.05) is 25.1 Å². The molecule has 0 heterocycles. The van der Waals surface area contributed by atoms with E-state index in [0.29, 0.717) is 6.54 Å². The number of hydrogen-bond donors (Lipinski definition) is 2. The minimum Gasteiger partial charge on any atom is -0.352 e. The average Bonchev–Trinajstić information content (AvgIpc) is 2.19. The van der Waals surface area contributed by atoms with Gasteiger partial charge in [-0.2, -0.15) is 0 Å². The van der Waals surface area contributed by atoms with Crippen LogP contribution in [-0.4, -0.2) is 18.5 Å². The maximum absolute atomic E-state index is 11.8. The molecule has 1 aliphatic carbocycles. The van der Waals surface area contributed by atoms with Crippen LogP contribution in [0.15, 0.2) is 24.3 Å². The molecule has 0 fully saturated rings. The molecule has 4 heteroatoms. The van der Waals surface area contributed by atoms with Gasteiger partial charge >= 0.3 is 0 Å². The lowest BCUT2D eigenvalue weighted by Crippen LogP contribution is -2.43. The molecule has 0 radical (unpaired) electrons. The fraction of sp³-hybridized carbons (Fsp3) is 0.417. The summed E-state index contributed by atoms with van der Waals surface area (Å²) in [4.78, 5) is 11.8. The maximum Gasteiger partial charge on any atom is 0.228 e. The zero-order valence-corrected chi connectivity index (χ0v) is 10.1. The Balaban J connectivity index is 0.00000128. The lowest BCUT2D eigenvalue weighted by molar-refractivity contribution is -0.123. The van der Waals surface area contributed by atoms with Gasteiger partial charge in [0.25, 0.3) is 0 Å². The lowest BCUT2D eigenvalue weighted by Gasteiger charge is -2.29. The van der Waals surface area contributed by atoms with Gasteiger partial charge in [-0.3, -0.25) is 4.79 Å². The molecule has 0 saturated heterocycles. The summed E-state index contributed by atoms with van der Waals surface area (Å²) in [5.74, 6) is 0.141. The van der Waals surface area contributed by atoms with E-state index in [1.54, 1.807) is 0 Å². The molecule has 1 aromatic carbocycles. The van der Waals surface area contributed by atoms with Crippen LogP contribution in [0.4, 0.5) is 0 Å². The Morgan fingerprint density at radius 2 is 2.25 bits per heavy atom. The highest BCUT2D eigenvalue weighted by atomic mass is 35.5. The summed E-state index contributed by atoms with van der Waals surface area (Å²) in [5, 5.41) is 2.91. The molecule has 1 unspecified atom stereocenters. The minimum atomic E-state index is 0. The van der Waals surface area contributed by atoms with Gasteiger partial charge in [-0.15, -0.1) is 12.4 Å². The number of hydrogen-bond acceptors (Lipinski definition) is 2. The van der Waals surface area contributed by atoms with Crippen molar-refractivity contribution in [2.45, 2.75) is 25.3 Å². The quantitative estimate of drug-likeness (QED) is 0.835. The van der Waals surface area contributed by atoms with Crippen molar-refractivity contribution < 1.29 is 4.79 Å². The first-order chi connectivity index (χ1) is 7.22. The van der Waals surface area contributed by atoms with Crippen molar-refractivity contribution in [2.24, 2.45) is 5.73 Å². The van der Waals surface area contributed by atoms with Crippen molar-refractivity contribution in [3.63, 3.8) is 0 Å². The number of rotatable bonds is 3. The molecule has 1 aliphatic rings. The molecule has 0 aliphatic heterocycles. The molecule has 3 N–H and O–H groups in total. The monoisotopic (exact) mass is 240 g/mol. The molecular formula is C12H17ClN2O. The van der Waals surface area contributed by atoms with Crippen LogP contribution in [0.25, 0.3) is 0 Å². The van der Waals surface area contributed by atoms with E-state index in [2.05, 4.69) is 11.4 Å². The van der Waals surface area contributed by atoms with Gasteiger partial charge in [0.2, 0.25) is 5.91 Å². The molecule has 0 bridgehead atoms. The fourth-order valence-corrected chi connectivity index (χ4v) is 1.90. The Morgan fingerprint density at radius 3 is 2.88 bits per heavy atom. The van der Waals surface area contributed by atoms with Gasteiger partial charge in [0.05, 0.1) is 5.92 Å². The van der Waals surface area contributed by atoms with Crippen molar-refractivity contribution in [1.82, 2.24) is 5.32 Å². The summed E-state index contributed by atoms with van der Waals surface area (Å²) in [6.07, 6.45) is 0.860. The molecule has 3 nitrogen and oxygen atoms in total. The SMILES string of the molecule is C[C@@H](CN)NC(=O)C1Cc2ccccc21.Cl. The zero-order chi connectivity index (χ0) is 10.8. The number of nitrogens with one attached hydrogen (secondary N) is 1. The van der Waals surface area contributed by atoms with Gasteiger partial charge in [-0.05, 0) is 24.5 Å². The Bertz CT molecular complexity index is 381. The second-order valence-electron chi connectivity index (χ2n) is 4.10. The van der Waals surface area contributed by atoms with E-state index in [-0.39, 0.29) is 30.3 Å². The standard InChI is InChI=1S/C12H16N2O.ClH/c1-8(7-13)14-12(15)11-6-9-4-2-3-5-10(9)11;/h2-5,8,11H,6-7,13H2,1H3,(H,14,15);1H/t8-,11?;/m0./s1. The molecule has 88 valence electrons. The van der Waals surface area contributed by atoms with Crippen LogP contribution in [0, 0.1) is 0 Å². The third-order valence-electron chi connectivity index (χ3n) is 2.91. The Kier molecular flexibility index (Phi) is 4.33. The van der Waals surface area contributed by atoms with E-state index >= 15 is 0 Å². The molecule has 0 spiro atoms. The molecule has 2 rings (SSSR count). The Labute approximate surface area is 102 Å². The highest BCUT2D eigenvalue weighted by Gasteiger charge is 2.31. The van der Waals surface area contributed by atoms with Crippen molar-refractivity contribution in [3.8, 4) is 0 Å². The number of carbonyl (C=O) groups excluding carboxylic acids is 1. The molecule has 16 heavy (non-hydrogen) atoms. The average molecular weight is 241 g/mol. The smallest absolute Gasteiger partial charge is 0.228 e. The summed E-state index contributed by atoms with van der Waals surface area (Å²) in [7, 11) is 0. The number of amides is 1. The lowest BCUT2D eigenvalue weighted by atomic mass is 9.77. The summed E-state index contributed by atoms with van der Waals surface area (Å²) in [6.45, 7) is 2.41. The number of carbonyl (C=O) groups is 1. The Morgan fingerprint density at radius 1 is 1.56 bits per heavy atom. The third-order valence-corrected chi connectivity index (χ3v) is 2.91. The van der Waals surface area contributed by atoms with Gasteiger partial charge in [0, 0.05) is 12.6 Å². The number of fused-ring (bicyclic) bond motifs is 1. The van der Waals surface area contributed by atoms with Crippen LogP contribution in [0.5, 0.6) is 0 Å². The highest BCUT2D eigenvalue weighted by molar-refractivity contribution is 5.87. The van der Waals surface area contributed by atoms with Crippen LogP contribution < -0.4 is 11.1 Å². The summed E-state index contributed by atoms with van der Waals surface area (Å²) in [5.41, 5.74) is 7.92. The second-order valence-corrected chi connectivity index (χ2v) is 4.10. The van der Waals surface area contributed by atoms with Crippen LogP contribution in [0.2, 0.25) is 0 Å². The summed E-state index contributed by atoms with van der Waals surface area (Å²) in [6, 6.07) is 8.15. The van der Waals surface area contributed by atoms with Crippen molar-refractivity contribution in [3.05, 3.63) is 35.4 Å². The molecule has 0 aromatic heterocycles. The normalized spacial score (nSPS) is 18.8. The number of halogens is 1. The maximum atomic E-state index is 11.8. The van der Waals surface area contributed by atoms with Gasteiger partial charge in [-0.1, -0.05) is 24.3 Å². The van der Waals surface area contributed by atoms with E-state index in [1.165, 1.54) is 11.1 Å². The fourth-order valence-electron chi connectivity index (χ4n) is 1.90. The molecule has 1 aromatic rings. The minimum absolute atomic E-state index is 0. The van der Waals surface area contributed by atoms with Crippen LogP contribution in [-0.2, 0) is 11.2 Å². The third kappa shape index (κ3) is 2.36. The highest BCUT2D eigenvalue weighted by Crippen LogP contribution is 2.34. The predicted octanol–water partition coefficient (Wildman–Crippen LogP) is 1.21. The van der Waals surface area contributed by atoms with E-state index < -0.39 is 0 Å². The zero-order valence-electron chi connectivity index (χ0n) is 9.27. The first kappa shape index (κ1) is 13.0. The Hall–Kier alpha value is -1.06. The van der Waals surface area contributed by atoms with Crippen LogP contribution in [0.3, 0.4) is 0 Å². The predicted molar refractivity (Wildman–Crippen MR) is 66.8 cm³/mol. The van der Waals surface area contributed by atoms with Gasteiger partial charge in [0.15, 0.2) is 0 Å². The van der Waals surface area contributed by atoms with Crippen molar-refractivity contribution in [2.75, 3.05) is 6.54 Å². The first-order valence-corrected chi connectivity index (χ1v) is 5.30. The second kappa shape index (κ2) is 5.32. The topological polar surface area (TPSA) is 55.1 Å². The van der Waals surface area contributed by atoms with E-state index in [9.17, 15) is 4.79 Å². The van der Waals surface area contributed by atoms with Crippen LogP contribution in [0.1, 0.15) is 24.0 Å². The van der Waals surface area contributed by atoms with Crippen LogP contribution >= 0.6 is 12.4 Å². The molecular weight excluding hydrogens is 224 g/mol. The summed E-state index contributed by atoms with van der Waals surface area (Å²) < 4.78 is 0. The molecule has 0 saturated carbocycles. The number of benzene rings is 1. The largest absolute Gasteiger partial charge is 0.352 e. The number of nitrogens with two attached hydrogens (primary N) is 1. The van der Waals surface area contributed by atoms with Gasteiger partial charge < -0.3 is 11.1 Å². The first-order valence-electron chi connectivity index (χ1n) is 5.30.